The molecule has 3 heteroatoms. The Kier molecular flexibility index (Phi) is 2.57. The quantitative estimate of drug-likeness (QED) is 0.494. The first-order valence-corrected chi connectivity index (χ1v) is 3.93. The van der Waals surface area contributed by atoms with E-state index in [4.69, 9.17) is 4.42 Å². The summed E-state index contributed by atoms with van der Waals surface area (Å²) < 4.78 is 5.02. The molecule has 0 N–H and O–H groups in total. The summed E-state index contributed by atoms with van der Waals surface area (Å²) in [6.07, 6.45) is 2.51. The van der Waals surface area contributed by atoms with E-state index in [0.29, 0.717) is 5.75 Å². The third-order valence-electron chi connectivity index (χ3n) is 1.12. The van der Waals surface area contributed by atoms with Crippen molar-refractivity contribution in [2.75, 3.05) is 5.75 Å². The highest BCUT2D eigenvalue weighted by molar-refractivity contribution is 8.00. The lowest BCUT2D eigenvalue weighted by Gasteiger charge is -1.90. The maximum atomic E-state index is 9.96. The van der Waals surface area contributed by atoms with E-state index in [1.54, 1.807) is 6.26 Å². The number of furan rings is 1. The number of carbonyl (C=O) groups is 1. The van der Waals surface area contributed by atoms with E-state index < -0.39 is 0 Å². The summed E-state index contributed by atoms with van der Waals surface area (Å²) in [4.78, 5) is 11.0. The molecule has 0 bridgehead atoms. The summed E-state index contributed by atoms with van der Waals surface area (Å²) in [5, 5.41) is 0. The summed E-state index contributed by atoms with van der Waals surface area (Å²) >= 11 is 1.49. The minimum atomic E-state index is 0.500. The van der Waals surface area contributed by atoms with Gasteiger partial charge in [-0.05, 0) is 13.0 Å². The van der Waals surface area contributed by atoms with Crippen LogP contribution in [0.15, 0.2) is 21.6 Å². The van der Waals surface area contributed by atoms with E-state index in [0.717, 1.165) is 16.9 Å². The molecule has 0 aliphatic carbocycles. The van der Waals surface area contributed by atoms with Crippen LogP contribution >= 0.6 is 11.8 Å². The van der Waals surface area contributed by atoms with Crippen LogP contribution in [0.3, 0.4) is 0 Å². The van der Waals surface area contributed by atoms with Crippen molar-refractivity contribution in [2.24, 2.45) is 0 Å². The molecule has 0 fully saturated rings. The number of thioether (sulfide) groups is 1. The van der Waals surface area contributed by atoms with Crippen molar-refractivity contribution < 1.29 is 9.21 Å². The van der Waals surface area contributed by atoms with E-state index in [-0.39, 0.29) is 0 Å². The Balaban J connectivity index is 2.56. The average molecular weight is 156 g/mol. The van der Waals surface area contributed by atoms with Crippen LogP contribution in [0.4, 0.5) is 0 Å². The summed E-state index contributed by atoms with van der Waals surface area (Å²) in [6.45, 7) is 1.88. The molecule has 0 aliphatic heterocycles. The second-order valence-electron chi connectivity index (χ2n) is 1.82. The molecule has 0 spiro atoms. The van der Waals surface area contributed by atoms with Crippen molar-refractivity contribution in [3.8, 4) is 0 Å². The van der Waals surface area contributed by atoms with Crippen LogP contribution in [0.25, 0.3) is 0 Å². The van der Waals surface area contributed by atoms with Crippen LogP contribution in [0.1, 0.15) is 5.76 Å². The molecular formula is C7H8O2S. The fourth-order valence-corrected chi connectivity index (χ4v) is 1.30. The van der Waals surface area contributed by atoms with Crippen molar-refractivity contribution in [3.63, 3.8) is 0 Å². The summed E-state index contributed by atoms with van der Waals surface area (Å²) in [5.74, 6) is 1.38. The largest absolute Gasteiger partial charge is 0.468 e. The Morgan fingerprint density at radius 2 is 2.60 bits per heavy atom. The van der Waals surface area contributed by atoms with E-state index in [1.165, 1.54) is 11.8 Å². The van der Waals surface area contributed by atoms with Gasteiger partial charge in [0, 0.05) is 4.90 Å². The van der Waals surface area contributed by atoms with Gasteiger partial charge in [-0.25, -0.2) is 0 Å². The van der Waals surface area contributed by atoms with Crippen LogP contribution in [-0.2, 0) is 4.79 Å². The second kappa shape index (κ2) is 3.46. The van der Waals surface area contributed by atoms with Crippen molar-refractivity contribution in [1.29, 1.82) is 0 Å². The standard InChI is InChI=1S/C7H8O2S/c1-6-7(2-4-9-6)10-5-3-8/h2-4H,5H2,1H3. The van der Waals surface area contributed by atoms with Crippen LogP contribution in [0.5, 0.6) is 0 Å². The fourth-order valence-electron chi connectivity index (χ4n) is 0.647. The molecule has 1 heterocycles. The molecule has 1 rings (SSSR count). The smallest absolute Gasteiger partial charge is 0.130 e. The monoisotopic (exact) mass is 156 g/mol. The normalized spacial score (nSPS) is 9.70. The van der Waals surface area contributed by atoms with Crippen molar-refractivity contribution >= 4 is 18.0 Å². The molecule has 0 amide bonds. The van der Waals surface area contributed by atoms with E-state index >= 15 is 0 Å². The van der Waals surface area contributed by atoms with Gasteiger partial charge in [-0.1, -0.05) is 0 Å². The molecule has 0 saturated heterocycles. The molecule has 1 aromatic heterocycles. The van der Waals surface area contributed by atoms with Gasteiger partial charge in [0.05, 0.1) is 12.0 Å². The molecule has 0 radical (unpaired) electrons. The lowest BCUT2D eigenvalue weighted by molar-refractivity contribution is -0.105. The topological polar surface area (TPSA) is 30.2 Å². The zero-order valence-electron chi connectivity index (χ0n) is 5.66. The summed E-state index contributed by atoms with van der Waals surface area (Å²) in [5.41, 5.74) is 0. The zero-order valence-corrected chi connectivity index (χ0v) is 6.48. The Morgan fingerprint density at radius 3 is 3.10 bits per heavy atom. The number of rotatable bonds is 3. The SMILES string of the molecule is Cc1occc1SCC=O. The zero-order chi connectivity index (χ0) is 7.40. The Hall–Kier alpha value is -0.700. The molecule has 0 saturated carbocycles. The highest BCUT2D eigenvalue weighted by Gasteiger charge is 1.99. The van der Waals surface area contributed by atoms with Crippen LogP contribution < -0.4 is 0 Å². The maximum absolute atomic E-state index is 9.96. The van der Waals surface area contributed by atoms with Gasteiger partial charge in [-0.2, -0.15) is 0 Å². The Labute approximate surface area is 63.6 Å². The van der Waals surface area contributed by atoms with Gasteiger partial charge < -0.3 is 9.21 Å². The summed E-state index contributed by atoms with van der Waals surface area (Å²) in [7, 11) is 0. The van der Waals surface area contributed by atoms with Crippen LogP contribution in [0.2, 0.25) is 0 Å². The molecule has 1 aromatic rings. The lowest BCUT2D eigenvalue weighted by atomic mass is 10.5. The molecule has 2 nitrogen and oxygen atoms in total. The number of hydrogen-bond acceptors (Lipinski definition) is 3. The van der Waals surface area contributed by atoms with Gasteiger partial charge in [0.2, 0.25) is 0 Å². The lowest BCUT2D eigenvalue weighted by Crippen LogP contribution is -1.77. The number of carbonyl (C=O) groups excluding carboxylic acids is 1. The van der Waals surface area contributed by atoms with Gasteiger partial charge >= 0.3 is 0 Å². The highest BCUT2D eigenvalue weighted by atomic mass is 32.2. The van der Waals surface area contributed by atoms with Gasteiger partial charge in [0.1, 0.15) is 12.0 Å². The van der Waals surface area contributed by atoms with Crippen molar-refractivity contribution in [1.82, 2.24) is 0 Å². The average Bonchev–Trinajstić information content (AvgIpc) is 2.31. The first-order chi connectivity index (χ1) is 4.84. The summed E-state index contributed by atoms with van der Waals surface area (Å²) in [6, 6.07) is 1.86. The number of hydrogen-bond donors (Lipinski definition) is 0. The van der Waals surface area contributed by atoms with Gasteiger partial charge in [-0.3, -0.25) is 0 Å². The molecule has 0 atom stereocenters. The molecule has 0 aromatic carbocycles. The predicted molar refractivity (Wildman–Crippen MR) is 40.2 cm³/mol. The van der Waals surface area contributed by atoms with Gasteiger partial charge in [-0.15, -0.1) is 11.8 Å². The minimum Gasteiger partial charge on any atom is -0.468 e. The van der Waals surface area contributed by atoms with E-state index in [9.17, 15) is 4.79 Å². The minimum absolute atomic E-state index is 0.500. The third kappa shape index (κ3) is 1.64. The first-order valence-electron chi connectivity index (χ1n) is 2.95. The molecule has 0 aliphatic rings. The predicted octanol–water partition coefficient (Wildman–Crippen LogP) is 1.88. The van der Waals surface area contributed by atoms with Crippen LogP contribution in [-0.4, -0.2) is 12.0 Å². The molecule has 10 heavy (non-hydrogen) atoms. The Morgan fingerprint density at radius 1 is 1.80 bits per heavy atom. The fraction of sp³-hybridized carbons (Fsp3) is 0.286. The van der Waals surface area contributed by atoms with Crippen molar-refractivity contribution in [2.45, 2.75) is 11.8 Å². The first kappa shape index (κ1) is 7.41. The van der Waals surface area contributed by atoms with Crippen molar-refractivity contribution in [3.05, 3.63) is 18.1 Å². The highest BCUT2D eigenvalue weighted by Crippen LogP contribution is 2.21. The molecule has 0 unspecified atom stereocenters. The van der Waals surface area contributed by atoms with E-state index in [2.05, 4.69) is 0 Å². The number of aryl methyl sites for hydroxylation is 1. The second-order valence-corrected chi connectivity index (χ2v) is 2.88. The third-order valence-corrected chi connectivity index (χ3v) is 2.16. The van der Waals surface area contributed by atoms with Crippen LogP contribution in [0, 0.1) is 6.92 Å². The Bertz CT molecular complexity index is 217. The van der Waals surface area contributed by atoms with Gasteiger partial charge in [0.15, 0.2) is 0 Å². The molecular weight excluding hydrogens is 148 g/mol. The maximum Gasteiger partial charge on any atom is 0.130 e. The molecule has 54 valence electrons. The van der Waals surface area contributed by atoms with Gasteiger partial charge in [0.25, 0.3) is 0 Å². The van der Waals surface area contributed by atoms with E-state index in [1.807, 2.05) is 13.0 Å². The number of aldehydes is 1.